The van der Waals surface area contributed by atoms with Crippen LogP contribution in [0.4, 0.5) is 0 Å². The molecule has 1 fully saturated rings. The topological polar surface area (TPSA) is 105 Å². The van der Waals surface area contributed by atoms with E-state index in [-0.39, 0.29) is 24.3 Å². The highest BCUT2D eigenvalue weighted by molar-refractivity contribution is 7.89. The highest BCUT2D eigenvalue weighted by atomic mass is 32.2. The van der Waals surface area contributed by atoms with Crippen molar-refractivity contribution in [2.45, 2.75) is 43.5 Å². The second-order valence-electron chi connectivity index (χ2n) is 8.81. The summed E-state index contributed by atoms with van der Waals surface area (Å²) in [5.41, 5.74) is 3.29. The summed E-state index contributed by atoms with van der Waals surface area (Å²) in [6.07, 6.45) is 3.87. The second kappa shape index (κ2) is 10.6. The van der Waals surface area contributed by atoms with Gasteiger partial charge in [0.05, 0.1) is 18.6 Å². The van der Waals surface area contributed by atoms with Crippen molar-refractivity contribution in [2.24, 2.45) is 5.92 Å². The van der Waals surface area contributed by atoms with Crippen LogP contribution >= 0.6 is 0 Å². The van der Waals surface area contributed by atoms with Gasteiger partial charge in [0, 0.05) is 25.6 Å². The van der Waals surface area contributed by atoms with Crippen molar-refractivity contribution >= 4 is 21.8 Å². The lowest BCUT2D eigenvalue weighted by Gasteiger charge is -2.30. The summed E-state index contributed by atoms with van der Waals surface area (Å²) in [6.45, 7) is 0.836. The van der Waals surface area contributed by atoms with Gasteiger partial charge in [0.2, 0.25) is 21.8 Å². The van der Waals surface area contributed by atoms with E-state index in [9.17, 15) is 18.0 Å². The zero-order valence-electron chi connectivity index (χ0n) is 19.4. The molecule has 0 spiro atoms. The molecule has 0 unspecified atom stereocenters. The molecule has 1 aliphatic heterocycles. The predicted molar refractivity (Wildman–Crippen MR) is 128 cm³/mol. The van der Waals surface area contributed by atoms with E-state index in [4.69, 9.17) is 4.74 Å². The van der Waals surface area contributed by atoms with E-state index in [0.29, 0.717) is 37.4 Å². The molecule has 2 aliphatic rings. The summed E-state index contributed by atoms with van der Waals surface area (Å²) in [5.74, 6) is -0.0516. The van der Waals surface area contributed by atoms with E-state index < -0.39 is 10.0 Å². The first-order chi connectivity index (χ1) is 16.4. The van der Waals surface area contributed by atoms with Gasteiger partial charge < -0.3 is 15.4 Å². The Kier molecular flexibility index (Phi) is 7.53. The van der Waals surface area contributed by atoms with E-state index in [1.165, 1.54) is 9.87 Å². The number of nitrogens with one attached hydrogen (secondary N) is 2. The number of benzene rings is 2. The van der Waals surface area contributed by atoms with Crippen molar-refractivity contribution < 1.29 is 22.7 Å². The highest BCUT2D eigenvalue weighted by Crippen LogP contribution is 2.28. The van der Waals surface area contributed by atoms with E-state index in [1.807, 2.05) is 30.3 Å². The summed E-state index contributed by atoms with van der Waals surface area (Å²) in [6, 6.07) is 12.8. The minimum absolute atomic E-state index is 0.109. The first-order valence-electron chi connectivity index (χ1n) is 11.7. The van der Waals surface area contributed by atoms with Crippen molar-refractivity contribution in [1.82, 2.24) is 14.9 Å². The third-order valence-electron chi connectivity index (χ3n) is 6.60. The second-order valence-corrected chi connectivity index (χ2v) is 10.7. The molecule has 0 atom stereocenters. The van der Waals surface area contributed by atoms with Crippen molar-refractivity contribution in [3.05, 3.63) is 59.2 Å². The Balaban J connectivity index is 1.22. The number of carbonyl (C=O) groups excluding carboxylic acids is 2. The number of amides is 2. The zero-order valence-corrected chi connectivity index (χ0v) is 20.2. The number of fused-ring (bicyclic) bond motifs is 1. The van der Waals surface area contributed by atoms with Crippen LogP contribution in [0.5, 0.6) is 5.75 Å². The number of ether oxygens (including phenoxy) is 1. The predicted octanol–water partition coefficient (Wildman–Crippen LogP) is 2.02. The minimum Gasteiger partial charge on any atom is -0.497 e. The van der Waals surface area contributed by atoms with Gasteiger partial charge in [0.15, 0.2) is 0 Å². The Labute approximate surface area is 200 Å². The van der Waals surface area contributed by atoms with Gasteiger partial charge in [-0.15, -0.1) is 0 Å². The Morgan fingerprint density at radius 1 is 1.00 bits per heavy atom. The number of hydrogen-bond donors (Lipinski definition) is 2. The molecular weight excluding hydrogens is 454 g/mol. The zero-order chi connectivity index (χ0) is 24.1. The van der Waals surface area contributed by atoms with E-state index in [1.54, 1.807) is 19.2 Å². The van der Waals surface area contributed by atoms with Gasteiger partial charge in [0.25, 0.3) is 0 Å². The molecule has 2 aromatic rings. The largest absolute Gasteiger partial charge is 0.497 e. The Hall–Kier alpha value is -2.91. The van der Waals surface area contributed by atoms with Gasteiger partial charge >= 0.3 is 0 Å². The minimum atomic E-state index is -3.57. The Morgan fingerprint density at radius 3 is 2.41 bits per heavy atom. The lowest BCUT2D eigenvalue weighted by molar-refractivity contribution is -0.129. The summed E-state index contributed by atoms with van der Waals surface area (Å²) in [7, 11) is -1.97. The number of nitrogens with zero attached hydrogens (tertiary/aromatic N) is 1. The van der Waals surface area contributed by atoms with Gasteiger partial charge in [-0.3, -0.25) is 9.59 Å². The van der Waals surface area contributed by atoms with E-state index in [0.717, 1.165) is 36.1 Å². The average molecular weight is 486 g/mol. The van der Waals surface area contributed by atoms with Crippen LogP contribution in [0.25, 0.3) is 0 Å². The van der Waals surface area contributed by atoms with E-state index in [2.05, 4.69) is 10.6 Å². The molecule has 1 saturated heterocycles. The quantitative estimate of drug-likeness (QED) is 0.595. The molecule has 4 rings (SSSR count). The maximum absolute atomic E-state index is 13.1. The molecule has 1 aliphatic carbocycles. The SMILES string of the molecule is COc1ccc(CNC(=O)CNC(=O)C2CCN(S(=O)(=O)c3ccc4c(c3)CCC4)CC2)cc1. The molecule has 0 bridgehead atoms. The van der Waals surface area contributed by atoms with Crippen molar-refractivity contribution in [3.8, 4) is 5.75 Å². The van der Waals surface area contributed by atoms with E-state index >= 15 is 0 Å². The average Bonchev–Trinajstić information content (AvgIpc) is 3.34. The number of methoxy groups -OCH3 is 1. The van der Waals surface area contributed by atoms with Gasteiger partial charge in [-0.05, 0) is 73.1 Å². The number of carbonyl (C=O) groups is 2. The molecule has 1 heterocycles. The molecule has 9 heteroatoms. The van der Waals surface area contributed by atoms with Gasteiger partial charge in [-0.2, -0.15) is 4.31 Å². The van der Waals surface area contributed by atoms with Crippen LogP contribution in [0.1, 0.15) is 36.0 Å². The number of piperidine rings is 1. The first-order valence-corrected chi connectivity index (χ1v) is 13.1. The van der Waals surface area contributed by atoms with Gasteiger partial charge in [-0.1, -0.05) is 18.2 Å². The molecular formula is C25H31N3O5S. The van der Waals surface area contributed by atoms with Crippen LogP contribution in [0.2, 0.25) is 0 Å². The fourth-order valence-electron chi connectivity index (χ4n) is 4.53. The molecule has 2 amide bonds. The van der Waals surface area contributed by atoms with Crippen LogP contribution in [-0.4, -0.2) is 51.3 Å². The molecule has 182 valence electrons. The Morgan fingerprint density at radius 2 is 1.71 bits per heavy atom. The highest BCUT2D eigenvalue weighted by Gasteiger charge is 2.32. The fraction of sp³-hybridized carbons (Fsp3) is 0.440. The maximum Gasteiger partial charge on any atom is 0.243 e. The van der Waals surface area contributed by atoms with Gasteiger partial charge in [0.1, 0.15) is 5.75 Å². The first kappa shape index (κ1) is 24.2. The number of sulfonamides is 1. The molecule has 2 aromatic carbocycles. The summed E-state index contributed by atoms with van der Waals surface area (Å²) in [5, 5.41) is 5.46. The molecule has 0 saturated carbocycles. The lowest BCUT2D eigenvalue weighted by atomic mass is 9.97. The molecule has 2 N–H and O–H groups in total. The smallest absolute Gasteiger partial charge is 0.243 e. The molecule has 34 heavy (non-hydrogen) atoms. The van der Waals surface area contributed by atoms with Gasteiger partial charge in [-0.25, -0.2) is 8.42 Å². The molecule has 8 nitrogen and oxygen atoms in total. The monoisotopic (exact) mass is 485 g/mol. The Bertz CT molecular complexity index is 1140. The normalized spacial score (nSPS) is 16.6. The van der Waals surface area contributed by atoms with Crippen LogP contribution in [0, 0.1) is 5.92 Å². The van der Waals surface area contributed by atoms with Crippen molar-refractivity contribution in [3.63, 3.8) is 0 Å². The fourth-order valence-corrected chi connectivity index (χ4v) is 6.06. The summed E-state index contributed by atoms with van der Waals surface area (Å²) < 4.78 is 32.7. The van der Waals surface area contributed by atoms with Crippen molar-refractivity contribution in [2.75, 3.05) is 26.7 Å². The molecule has 0 aromatic heterocycles. The third kappa shape index (κ3) is 5.59. The van der Waals surface area contributed by atoms with Crippen LogP contribution in [0.3, 0.4) is 0 Å². The third-order valence-corrected chi connectivity index (χ3v) is 8.50. The van der Waals surface area contributed by atoms with Crippen LogP contribution < -0.4 is 15.4 Å². The maximum atomic E-state index is 13.1. The van der Waals surface area contributed by atoms with Crippen LogP contribution in [0.15, 0.2) is 47.4 Å². The summed E-state index contributed by atoms with van der Waals surface area (Å²) in [4.78, 5) is 25.0. The number of hydrogen-bond acceptors (Lipinski definition) is 5. The number of rotatable bonds is 8. The lowest BCUT2D eigenvalue weighted by Crippen LogP contribution is -2.45. The summed E-state index contributed by atoms with van der Waals surface area (Å²) >= 11 is 0. The molecule has 0 radical (unpaired) electrons. The standard InChI is InChI=1S/C25H31N3O5S/c1-33-22-8-5-18(6-9-22)16-26-24(29)17-27-25(30)20-11-13-28(14-12-20)34(31,32)23-10-7-19-3-2-4-21(19)15-23/h5-10,15,20H,2-4,11-14,16-17H2,1H3,(H,26,29)(H,27,30). The van der Waals surface area contributed by atoms with Crippen LogP contribution in [-0.2, 0) is 39.0 Å². The number of aryl methyl sites for hydroxylation is 2. The van der Waals surface area contributed by atoms with Crippen molar-refractivity contribution in [1.29, 1.82) is 0 Å².